The summed E-state index contributed by atoms with van der Waals surface area (Å²) in [5, 5.41) is 4.33. The highest BCUT2D eigenvalue weighted by Gasteiger charge is 2.10. The Morgan fingerprint density at radius 1 is 1.29 bits per heavy atom. The summed E-state index contributed by atoms with van der Waals surface area (Å²) in [6, 6.07) is 4.79. The lowest BCUT2D eigenvalue weighted by Gasteiger charge is -2.19. The number of aromatic nitrogens is 1. The van der Waals surface area contributed by atoms with Gasteiger partial charge in [-0.15, -0.1) is 0 Å². The molecule has 2 unspecified atom stereocenters. The first-order valence-corrected chi connectivity index (χ1v) is 7.55. The number of hydrogen-bond acceptors (Lipinski definition) is 3. The lowest BCUT2D eigenvalue weighted by atomic mass is 10.1. The minimum atomic E-state index is 0.571. The maximum Gasteiger partial charge on any atom is 0.0270 e. The molecule has 1 aromatic heterocycles. The van der Waals surface area contributed by atoms with E-state index in [-0.39, 0.29) is 0 Å². The first-order chi connectivity index (χ1) is 8.26. The van der Waals surface area contributed by atoms with Crippen LogP contribution in [0.2, 0.25) is 0 Å². The van der Waals surface area contributed by atoms with Crippen LogP contribution >= 0.6 is 11.8 Å². The number of likely N-dealkylation sites (N-methyl/N-ethyl adjacent to an activating group) is 1. The maximum absolute atomic E-state index is 4.06. The van der Waals surface area contributed by atoms with Crippen molar-refractivity contribution in [2.75, 3.05) is 12.3 Å². The Kier molecular flexibility index (Phi) is 7.29. The van der Waals surface area contributed by atoms with Gasteiger partial charge in [0.2, 0.25) is 0 Å². The van der Waals surface area contributed by atoms with Crippen molar-refractivity contribution >= 4 is 11.8 Å². The molecule has 0 aliphatic rings. The maximum atomic E-state index is 4.06. The zero-order valence-corrected chi connectivity index (χ0v) is 12.0. The predicted molar refractivity (Wildman–Crippen MR) is 77.6 cm³/mol. The van der Waals surface area contributed by atoms with Gasteiger partial charge < -0.3 is 5.32 Å². The molecule has 0 saturated carbocycles. The summed E-state index contributed by atoms with van der Waals surface area (Å²) in [6.45, 7) is 7.77. The SMILES string of the molecule is CCNC(CSC(C)CC)Cc1ccncc1. The molecule has 0 aliphatic carbocycles. The highest BCUT2D eigenvalue weighted by molar-refractivity contribution is 7.99. The second kappa shape index (κ2) is 8.54. The lowest BCUT2D eigenvalue weighted by Crippen LogP contribution is -2.33. The van der Waals surface area contributed by atoms with Crippen molar-refractivity contribution in [2.24, 2.45) is 0 Å². The van der Waals surface area contributed by atoms with Gasteiger partial charge in [-0.25, -0.2) is 0 Å². The summed E-state index contributed by atoms with van der Waals surface area (Å²) >= 11 is 2.07. The van der Waals surface area contributed by atoms with E-state index in [1.54, 1.807) is 0 Å². The van der Waals surface area contributed by atoms with E-state index < -0.39 is 0 Å². The van der Waals surface area contributed by atoms with E-state index in [9.17, 15) is 0 Å². The van der Waals surface area contributed by atoms with E-state index in [4.69, 9.17) is 0 Å². The molecule has 1 rings (SSSR count). The number of nitrogens with zero attached hydrogens (tertiary/aromatic N) is 1. The predicted octanol–water partition coefficient (Wildman–Crippen LogP) is 3.13. The molecule has 3 heteroatoms. The second-order valence-corrected chi connectivity index (χ2v) is 5.84. The third-order valence-corrected chi connectivity index (χ3v) is 4.38. The van der Waals surface area contributed by atoms with Crippen LogP contribution in [-0.2, 0) is 6.42 Å². The van der Waals surface area contributed by atoms with Crippen molar-refractivity contribution in [2.45, 2.75) is 44.9 Å². The number of hydrogen-bond donors (Lipinski definition) is 1. The Bertz CT molecular complexity index is 290. The monoisotopic (exact) mass is 252 g/mol. The van der Waals surface area contributed by atoms with E-state index in [2.05, 4.69) is 55.0 Å². The third-order valence-electron chi connectivity index (χ3n) is 2.88. The van der Waals surface area contributed by atoms with Gasteiger partial charge in [0, 0.05) is 29.4 Å². The van der Waals surface area contributed by atoms with Crippen LogP contribution in [0.1, 0.15) is 32.8 Å². The van der Waals surface area contributed by atoms with Crippen LogP contribution in [0.4, 0.5) is 0 Å². The molecule has 0 aliphatic heterocycles. The molecule has 2 atom stereocenters. The van der Waals surface area contributed by atoms with Crippen molar-refractivity contribution in [3.63, 3.8) is 0 Å². The fourth-order valence-corrected chi connectivity index (χ4v) is 2.71. The van der Waals surface area contributed by atoms with Crippen LogP contribution in [0.5, 0.6) is 0 Å². The van der Waals surface area contributed by atoms with Gasteiger partial charge in [0.1, 0.15) is 0 Å². The Balaban J connectivity index is 2.43. The van der Waals surface area contributed by atoms with Gasteiger partial charge in [-0.3, -0.25) is 4.98 Å². The lowest BCUT2D eigenvalue weighted by molar-refractivity contribution is 0.571. The molecule has 17 heavy (non-hydrogen) atoms. The molecule has 1 heterocycles. The first-order valence-electron chi connectivity index (χ1n) is 6.50. The molecular formula is C14H24N2S. The summed E-state index contributed by atoms with van der Waals surface area (Å²) in [5.41, 5.74) is 1.37. The highest BCUT2D eigenvalue weighted by Crippen LogP contribution is 2.16. The Morgan fingerprint density at radius 3 is 2.59 bits per heavy atom. The van der Waals surface area contributed by atoms with E-state index in [0.29, 0.717) is 6.04 Å². The summed E-state index contributed by atoms with van der Waals surface area (Å²) in [4.78, 5) is 4.06. The van der Waals surface area contributed by atoms with Crippen molar-refractivity contribution in [1.82, 2.24) is 10.3 Å². The van der Waals surface area contributed by atoms with Crippen LogP contribution in [0.25, 0.3) is 0 Å². The van der Waals surface area contributed by atoms with Crippen molar-refractivity contribution in [3.8, 4) is 0 Å². The number of nitrogens with one attached hydrogen (secondary N) is 1. The molecule has 0 bridgehead atoms. The summed E-state index contributed by atoms with van der Waals surface area (Å²) < 4.78 is 0. The Hall–Kier alpha value is -0.540. The number of thioether (sulfide) groups is 1. The molecule has 0 fully saturated rings. The van der Waals surface area contributed by atoms with E-state index in [1.165, 1.54) is 17.7 Å². The molecule has 96 valence electrons. The normalized spacial score (nSPS) is 14.5. The first kappa shape index (κ1) is 14.5. The molecule has 0 aromatic carbocycles. The fraction of sp³-hybridized carbons (Fsp3) is 0.643. The van der Waals surface area contributed by atoms with Crippen LogP contribution in [-0.4, -0.2) is 28.6 Å². The molecule has 1 N–H and O–H groups in total. The van der Waals surface area contributed by atoms with Crippen LogP contribution in [0, 0.1) is 0 Å². The summed E-state index contributed by atoms with van der Waals surface area (Å²) in [6.07, 6.45) is 6.10. The average Bonchev–Trinajstić information content (AvgIpc) is 2.37. The largest absolute Gasteiger partial charge is 0.313 e. The van der Waals surface area contributed by atoms with Crippen molar-refractivity contribution < 1.29 is 0 Å². The van der Waals surface area contributed by atoms with Crippen molar-refractivity contribution in [1.29, 1.82) is 0 Å². The van der Waals surface area contributed by atoms with Crippen LogP contribution in [0.3, 0.4) is 0 Å². The smallest absolute Gasteiger partial charge is 0.0270 e. The molecular weight excluding hydrogens is 228 g/mol. The van der Waals surface area contributed by atoms with Gasteiger partial charge >= 0.3 is 0 Å². The quantitative estimate of drug-likeness (QED) is 0.769. The van der Waals surface area contributed by atoms with Crippen LogP contribution in [0.15, 0.2) is 24.5 Å². The minimum absolute atomic E-state index is 0.571. The molecule has 1 aromatic rings. The molecule has 0 spiro atoms. The van der Waals surface area contributed by atoms with Gasteiger partial charge in [0.05, 0.1) is 0 Å². The summed E-state index contributed by atoms with van der Waals surface area (Å²) in [5.74, 6) is 1.19. The standard InChI is InChI=1S/C14H24N2S/c1-4-12(3)17-11-14(16-5-2)10-13-6-8-15-9-7-13/h6-9,12,14,16H,4-5,10-11H2,1-3H3. The molecule has 2 nitrogen and oxygen atoms in total. The van der Waals surface area contributed by atoms with Crippen molar-refractivity contribution in [3.05, 3.63) is 30.1 Å². The van der Waals surface area contributed by atoms with Gasteiger partial charge in [-0.2, -0.15) is 11.8 Å². The zero-order chi connectivity index (χ0) is 12.5. The minimum Gasteiger partial charge on any atom is -0.313 e. The number of rotatable bonds is 8. The molecule has 0 amide bonds. The van der Waals surface area contributed by atoms with Gasteiger partial charge in [-0.05, 0) is 37.1 Å². The topological polar surface area (TPSA) is 24.9 Å². The van der Waals surface area contributed by atoms with E-state index in [0.717, 1.165) is 18.2 Å². The Labute approximate surface area is 110 Å². The number of pyridine rings is 1. The fourth-order valence-electron chi connectivity index (χ4n) is 1.68. The average molecular weight is 252 g/mol. The second-order valence-electron chi connectivity index (χ2n) is 4.37. The van der Waals surface area contributed by atoms with Gasteiger partial charge in [0.25, 0.3) is 0 Å². The highest BCUT2D eigenvalue weighted by atomic mass is 32.2. The Morgan fingerprint density at radius 2 is 2.00 bits per heavy atom. The van der Waals surface area contributed by atoms with Gasteiger partial charge in [0.15, 0.2) is 0 Å². The van der Waals surface area contributed by atoms with E-state index >= 15 is 0 Å². The van der Waals surface area contributed by atoms with Crippen LogP contribution < -0.4 is 5.32 Å². The zero-order valence-electron chi connectivity index (χ0n) is 11.1. The van der Waals surface area contributed by atoms with E-state index in [1.807, 2.05) is 12.4 Å². The molecule has 0 saturated heterocycles. The summed E-state index contributed by atoms with van der Waals surface area (Å²) in [7, 11) is 0. The van der Waals surface area contributed by atoms with Gasteiger partial charge in [-0.1, -0.05) is 20.8 Å². The third kappa shape index (κ3) is 6.08. The molecule has 0 radical (unpaired) electrons.